The van der Waals surface area contributed by atoms with E-state index in [9.17, 15) is 9.90 Å². The molecule has 26 heavy (non-hydrogen) atoms. The van der Waals surface area contributed by atoms with Crippen molar-refractivity contribution in [3.05, 3.63) is 65.2 Å². The summed E-state index contributed by atoms with van der Waals surface area (Å²) in [5.74, 6) is 0.711. The second-order valence-electron chi connectivity index (χ2n) is 5.39. The zero-order valence-electron chi connectivity index (χ0n) is 14.8. The molecule has 1 amide bonds. The van der Waals surface area contributed by atoms with Gasteiger partial charge in [0, 0.05) is 6.21 Å². The zero-order chi connectivity index (χ0) is 18.8. The van der Waals surface area contributed by atoms with Crippen LogP contribution in [0.4, 0.5) is 0 Å². The van der Waals surface area contributed by atoms with Gasteiger partial charge >= 0.3 is 0 Å². The number of hydrogen-bond donors (Lipinski definition) is 2. The number of aliphatic hydroxyl groups is 1. The number of hydrogen-bond acceptors (Lipinski definition) is 5. The summed E-state index contributed by atoms with van der Waals surface area (Å²) in [6.07, 6.45) is 5.20. The highest BCUT2D eigenvalue weighted by Gasteiger charge is 2.13. The SMILES string of the molecule is COc1cc(CO)c(CC(=O)NN=CC=Cc2ccccc2)cc1OC. The Morgan fingerprint density at radius 2 is 1.77 bits per heavy atom. The summed E-state index contributed by atoms with van der Waals surface area (Å²) in [6.45, 7) is -0.202. The van der Waals surface area contributed by atoms with Crippen LogP contribution < -0.4 is 14.9 Å². The van der Waals surface area contributed by atoms with E-state index >= 15 is 0 Å². The first-order valence-electron chi connectivity index (χ1n) is 8.06. The van der Waals surface area contributed by atoms with E-state index in [4.69, 9.17) is 9.47 Å². The van der Waals surface area contributed by atoms with Gasteiger partial charge in [-0.3, -0.25) is 4.79 Å². The van der Waals surface area contributed by atoms with E-state index in [2.05, 4.69) is 10.5 Å². The normalized spacial score (nSPS) is 11.0. The zero-order valence-corrected chi connectivity index (χ0v) is 14.8. The quantitative estimate of drug-likeness (QED) is 0.564. The number of amides is 1. The standard InChI is InChI=1S/C20H22N2O4/c1-25-18-11-16(17(14-23)12-19(18)26-2)13-20(24)22-21-10-6-9-15-7-4-3-5-8-15/h3-12,23H,13-14H2,1-2H3,(H,22,24). The maximum absolute atomic E-state index is 12.1. The van der Waals surface area contributed by atoms with Crippen molar-refractivity contribution in [3.8, 4) is 11.5 Å². The Bertz CT molecular complexity index is 786. The number of nitrogens with zero attached hydrogens (tertiary/aromatic N) is 1. The number of methoxy groups -OCH3 is 2. The van der Waals surface area contributed by atoms with Gasteiger partial charge in [0.05, 0.1) is 27.2 Å². The maximum Gasteiger partial charge on any atom is 0.244 e. The van der Waals surface area contributed by atoms with Crippen molar-refractivity contribution in [1.82, 2.24) is 5.43 Å². The molecule has 0 aromatic heterocycles. The summed E-state index contributed by atoms with van der Waals surface area (Å²) in [7, 11) is 3.03. The fraction of sp³-hybridized carbons (Fsp3) is 0.200. The first kappa shape index (κ1) is 19.2. The molecule has 0 radical (unpaired) electrons. The minimum absolute atomic E-state index is 0.0655. The van der Waals surface area contributed by atoms with E-state index in [-0.39, 0.29) is 18.9 Å². The Morgan fingerprint density at radius 3 is 2.38 bits per heavy atom. The van der Waals surface area contributed by atoms with Gasteiger partial charge in [-0.1, -0.05) is 36.4 Å². The smallest absolute Gasteiger partial charge is 0.244 e. The van der Waals surface area contributed by atoms with Crippen molar-refractivity contribution >= 4 is 18.2 Å². The molecule has 2 aromatic carbocycles. The van der Waals surface area contributed by atoms with E-state index in [1.54, 1.807) is 18.2 Å². The minimum atomic E-state index is -0.295. The molecule has 136 valence electrons. The van der Waals surface area contributed by atoms with Crippen LogP contribution in [0.2, 0.25) is 0 Å². The highest BCUT2D eigenvalue weighted by Crippen LogP contribution is 2.30. The van der Waals surface area contributed by atoms with Gasteiger partial charge in [-0.05, 0) is 34.9 Å². The number of carbonyl (C=O) groups is 1. The van der Waals surface area contributed by atoms with Crippen LogP contribution in [-0.2, 0) is 17.8 Å². The van der Waals surface area contributed by atoms with E-state index in [1.807, 2.05) is 36.4 Å². The van der Waals surface area contributed by atoms with Gasteiger partial charge < -0.3 is 14.6 Å². The lowest BCUT2D eigenvalue weighted by Crippen LogP contribution is -2.20. The van der Waals surface area contributed by atoms with Crippen molar-refractivity contribution in [1.29, 1.82) is 0 Å². The molecular formula is C20H22N2O4. The molecule has 2 rings (SSSR count). The average Bonchev–Trinajstić information content (AvgIpc) is 2.68. The first-order chi connectivity index (χ1) is 12.7. The number of ether oxygens (including phenoxy) is 2. The van der Waals surface area contributed by atoms with Crippen LogP contribution in [0.15, 0.2) is 53.6 Å². The predicted molar refractivity (Wildman–Crippen MR) is 101 cm³/mol. The van der Waals surface area contributed by atoms with Gasteiger partial charge in [0.1, 0.15) is 0 Å². The van der Waals surface area contributed by atoms with E-state index in [0.717, 1.165) is 5.56 Å². The van der Waals surface area contributed by atoms with Crippen LogP contribution in [0.1, 0.15) is 16.7 Å². The molecule has 0 aliphatic rings. The molecule has 0 heterocycles. The molecule has 2 aromatic rings. The molecule has 0 atom stereocenters. The number of rotatable bonds is 8. The third-order valence-corrected chi connectivity index (χ3v) is 3.67. The molecule has 0 fully saturated rings. The Balaban J connectivity index is 1.97. The molecule has 0 saturated carbocycles. The summed E-state index contributed by atoms with van der Waals surface area (Å²) in [5, 5.41) is 13.4. The lowest BCUT2D eigenvalue weighted by atomic mass is 10.0. The number of carbonyl (C=O) groups excluding carboxylic acids is 1. The number of hydrazone groups is 1. The van der Waals surface area contributed by atoms with Crippen molar-refractivity contribution in [2.45, 2.75) is 13.0 Å². The lowest BCUT2D eigenvalue weighted by Gasteiger charge is -2.13. The highest BCUT2D eigenvalue weighted by molar-refractivity contribution is 5.82. The van der Waals surface area contributed by atoms with Gasteiger partial charge in [0.2, 0.25) is 5.91 Å². The van der Waals surface area contributed by atoms with E-state index < -0.39 is 0 Å². The highest BCUT2D eigenvalue weighted by atomic mass is 16.5. The summed E-state index contributed by atoms with van der Waals surface area (Å²) < 4.78 is 10.4. The van der Waals surface area contributed by atoms with Crippen LogP contribution in [-0.4, -0.2) is 31.4 Å². The van der Waals surface area contributed by atoms with Gasteiger partial charge in [-0.2, -0.15) is 5.10 Å². The molecular weight excluding hydrogens is 332 g/mol. The summed E-state index contributed by atoms with van der Waals surface area (Å²) in [6, 6.07) is 13.1. The van der Waals surface area contributed by atoms with Crippen LogP contribution in [0.5, 0.6) is 11.5 Å². The molecule has 0 aliphatic heterocycles. The van der Waals surface area contributed by atoms with Crippen LogP contribution in [0, 0.1) is 0 Å². The Labute approximate surface area is 152 Å². The third kappa shape index (κ3) is 5.46. The first-order valence-corrected chi connectivity index (χ1v) is 8.06. The molecule has 0 saturated heterocycles. The average molecular weight is 354 g/mol. The molecule has 0 spiro atoms. The van der Waals surface area contributed by atoms with Crippen LogP contribution in [0.3, 0.4) is 0 Å². The fourth-order valence-electron chi connectivity index (χ4n) is 2.36. The summed E-state index contributed by atoms with van der Waals surface area (Å²) >= 11 is 0. The minimum Gasteiger partial charge on any atom is -0.493 e. The van der Waals surface area contributed by atoms with Gasteiger partial charge in [0.25, 0.3) is 0 Å². The van der Waals surface area contributed by atoms with Gasteiger partial charge in [-0.25, -0.2) is 5.43 Å². The molecule has 0 bridgehead atoms. The molecule has 6 heteroatoms. The predicted octanol–water partition coefficient (Wildman–Crippen LogP) is 2.55. The fourth-order valence-corrected chi connectivity index (χ4v) is 2.36. The summed E-state index contributed by atoms with van der Waals surface area (Å²) in [5.41, 5.74) is 4.76. The molecule has 2 N–H and O–H groups in total. The Kier molecular flexibility index (Phi) is 7.39. The summed E-state index contributed by atoms with van der Waals surface area (Å²) in [4.78, 5) is 12.1. The third-order valence-electron chi connectivity index (χ3n) is 3.67. The molecule has 0 unspecified atom stereocenters. The Hall–Kier alpha value is -3.12. The Morgan fingerprint density at radius 1 is 1.12 bits per heavy atom. The van der Waals surface area contributed by atoms with Crippen molar-refractivity contribution in [2.75, 3.05) is 14.2 Å². The maximum atomic E-state index is 12.1. The van der Waals surface area contributed by atoms with Crippen LogP contribution >= 0.6 is 0 Å². The lowest BCUT2D eigenvalue weighted by molar-refractivity contribution is -0.120. The van der Waals surface area contributed by atoms with Crippen LogP contribution in [0.25, 0.3) is 6.08 Å². The number of benzene rings is 2. The van der Waals surface area contributed by atoms with Gasteiger partial charge in [0.15, 0.2) is 11.5 Å². The van der Waals surface area contributed by atoms with E-state index in [1.165, 1.54) is 20.4 Å². The van der Waals surface area contributed by atoms with Crippen molar-refractivity contribution in [2.24, 2.45) is 5.10 Å². The number of aliphatic hydroxyl groups excluding tert-OH is 1. The molecule has 0 aliphatic carbocycles. The monoisotopic (exact) mass is 354 g/mol. The number of allylic oxidation sites excluding steroid dienone is 1. The van der Waals surface area contributed by atoms with Gasteiger partial charge in [-0.15, -0.1) is 0 Å². The second kappa shape index (κ2) is 10.0. The second-order valence-corrected chi connectivity index (χ2v) is 5.39. The topological polar surface area (TPSA) is 80.2 Å². The largest absolute Gasteiger partial charge is 0.493 e. The molecule has 6 nitrogen and oxygen atoms in total. The van der Waals surface area contributed by atoms with Crippen molar-refractivity contribution < 1.29 is 19.4 Å². The number of nitrogens with one attached hydrogen (secondary N) is 1. The van der Waals surface area contributed by atoms with E-state index in [0.29, 0.717) is 22.6 Å². The van der Waals surface area contributed by atoms with Crippen molar-refractivity contribution in [3.63, 3.8) is 0 Å².